The Morgan fingerprint density at radius 2 is 2.08 bits per heavy atom. The van der Waals surface area contributed by atoms with Gasteiger partial charge in [0.2, 0.25) is 0 Å². The number of esters is 1. The Kier molecular flexibility index (Phi) is 4.12. The maximum Gasteiger partial charge on any atom is 0.410 e. The molecule has 1 aliphatic rings. The minimum atomic E-state index is -0.505. The highest BCUT2D eigenvalue weighted by Crippen LogP contribution is 2.30. The van der Waals surface area contributed by atoms with Crippen LogP contribution in [0.15, 0.2) is 6.07 Å². The molecule has 0 spiro atoms. The molecule has 0 atom stereocenters. The van der Waals surface area contributed by atoms with Crippen LogP contribution in [0.2, 0.25) is 0 Å². The number of aromatic nitrogens is 2. The Labute approximate surface area is 142 Å². The normalized spacial score (nSPS) is 15.2. The van der Waals surface area contributed by atoms with E-state index in [0.717, 1.165) is 4.70 Å². The zero-order valence-electron chi connectivity index (χ0n) is 13.9. The van der Waals surface area contributed by atoms with Gasteiger partial charge >= 0.3 is 12.1 Å². The van der Waals surface area contributed by atoms with Crippen molar-refractivity contribution in [1.82, 2.24) is 14.9 Å². The molecule has 1 amide bonds. The lowest BCUT2D eigenvalue weighted by atomic mass is 10.2. The van der Waals surface area contributed by atoms with Crippen molar-refractivity contribution in [3.63, 3.8) is 0 Å². The number of nitrogens with one attached hydrogen (secondary N) is 1. The molecule has 0 aromatic carbocycles. The summed E-state index contributed by atoms with van der Waals surface area (Å²) >= 11 is 1.34. The van der Waals surface area contributed by atoms with E-state index in [0.29, 0.717) is 29.6 Å². The van der Waals surface area contributed by atoms with Gasteiger partial charge in [0, 0.05) is 0 Å². The molecule has 0 bridgehead atoms. The van der Waals surface area contributed by atoms with E-state index in [4.69, 9.17) is 9.47 Å². The molecule has 24 heavy (non-hydrogen) atoms. The van der Waals surface area contributed by atoms with Gasteiger partial charge in [-0.25, -0.2) is 9.59 Å². The number of thiazole rings is 1. The van der Waals surface area contributed by atoms with Gasteiger partial charge in [-0.05, 0) is 26.8 Å². The summed E-state index contributed by atoms with van der Waals surface area (Å²) in [5.74, 6) is -0.435. The van der Waals surface area contributed by atoms with E-state index >= 15 is 0 Å². The van der Waals surface area contributed by atoms with Crippen molar-refractivity contribution in [2.75, 3.05) is 20.2 Å². The zero-order valence-corrected chi connectivity index (χ0v) is 14.7. The fourth-order valence-electron chi connectivity index (χ4n) is 2.19. The molecule has 0 radical (unpaired) electrons. The van der Waals surface area contributed by atoms with Gasteiger partial charge in [-0.3, -0.25) is 0 Å². The van der Waals surface area contributed by atoms with Crippen LogP contribution in [0.5, 0.6) is 5.19 Å². The molecule has 2 aromatic heterocycles. The standard InChI is InChI=1S/C15H19N3O5S/c1-15(2,3)23-14(20)18-6-8(7-18)22-13-17-11-10(24-13)5-9(16-11)12(19)21-4/h5,8,16H,6-7H2,1-4H3. The number of methoxy groups -OCH3 is 1. The number of hydrogen-bond acceptors (Lipinski definition) is 7. The number of aromatic amines is 1. The molecule has 1 saturated heterocycles. The van der Waals surface area contributed by atoms with Gasteiger partial charge in [-0.1, -0.05) is 11.3 Å². The van der Waals surface area contributed by atoms with Crippen LogP contribution in [0.4, 0.5) is 4.79 Å². The Morgan fingerprint density at radius 1 is 1.38 bits per heavy atom. The first-order chi connectivity index (χ1) is 11.2. The zero-order chi connectivity index (χ0) is 17.5. The molecule has 1 fully saturated rings. The lowest BCUT2D eigenvalue weighted by molar-refractivity contribution is -0.0221. The van der Waals surface area contributed by atoms with Crippen LogP contribution in [0.3, 0.4) is 0 Å². The van der Waals surface area contributed by atoms with Crippen molar-refractivity contribution < 1.29 is 23.8 Å². The molecule has 2 aromatic rings. The predicted molar refractivity (Wildman–Crippen MR) is 87.5 cm³/mol. The molecular formula is C15H19N3O5S. The molecule has 0 unspecified atom stereocenters. The average molecular weight is 353 g/mol. The van der Waals surface area contributed by atoms with Gasteiger partial charge in [0.15, 0.2) is 5.65 Å². The van der Waals surface area contributed by atoms with Gasteiger partial charge in [0.05, 0.1) is 24.9 Å². The number of hydrogen-bond donors (Lipinski definition) is 1. The smallest absolute Gasteiger partial charge is 0.410 e. The predicted octanol–water partition coefficient (Wildman–Crippen LogP) is 2.41. The van der Waals surface area contributed by atoms with Crippen molar-refractivity contribution in [2.45, 2.75) is 32.5 Å². The van der Waals surface area contributed by atoms with Gasteiger partial charge in [-0.2, -0.15) is 4.98 Å². The molecule has 3 heterocycles. The van der Waals surface area contributed by atoms with E-state index in [1.165, 1.54) is 18.4 Å². The van der Waals surface area contributed by atoms with Crippen molar-refractivity contribution >= 4 is 33.7 Å². The summed E-state index contributed by atoms with van der Waals surface area (Å²) in [6, 6.07) is 1.68. The maximum atomic E-state index is 11.9. The molecule has 1 N–H and O–H groups in total. The summed E-state index contributed by atoms with van der Waals surface area (Å²) in [4.78, 5) is 32.1. The van der Waals surface area contributed by atoms with Crippen LogP contribution in [-0.2, 0) is 9.47 Å². The summed E-state index contributed by atoms with van der Waals surface area (Å²) in [5.41, 5.74) is 0.436. The quantitative estimate of drug-likeness (QED) is 0.852. The number of fused-ring (bicyclic) bond motifs is 1. The first-order valence-electron chi connectivity index (χ1n) is 7.47. The van der Waals surface area contributed by atoms with Crippen molar-refractivity contribution in [2.24, 2.45) is 0 Å². The highest BCUT2D eigenvalue weighted by molar-refractivity contribution is 7.20. The monoisotopic (exact) mass is 353 g/mol. The van der Waals surface area contributed by atoms with E-state index in [1.807, 2.05) is 20.8 Å². The summed E-state index contributed by atoms with van der Waals surface area (Å²) in [6.45, 7) is 6.43. The first-order valence-corrected chi connectivity index (χ1v) is 8.29. The van der Waals surface area contributed by atoms with Crippen molar-refractivity contribution in [1.29, 1.82) is 0 Å². The van der Waals surface area contributed by atoms with Crippen LogP contribution in [-0.4, -0.2) is 58.8 Å². The molecule has 1 aliphatic heterocycles. The first kappa shape index (κ1) is 16.6. The Balaban J connectivity index is 1.55. The molecule has 130 valence electrons. The van der Waals surface area contributed by atoms with E-state index in [9.17, 15) is 9.59 Å². The fourth-order valence-corrected chi connectivity index (χ4v) is 3.07. The number of carbonyl (C=O) groups is 2. The van der Waals surface area contributed by atoms with E-state index < -0.39 is 11.6 Å². The lowest BCUT2D eigenvalue weighted by Crippen LogP contribution is -2.57. The highest BCUT2D eigenvalue weighted by atomic mass is 32.1. The summed E-state index contributed by atoms with van der Waals surface area (Å²) in [5, 5.41) is 0.501. The number of rotatable bonds is 3. The summed E-state index contributed by atoms with van der Waals surface area (Å²) in [6.07, 6.45) is -0.441. The topological polar surface area (TPSA) is 93.8 Å². The highest BCUT2D eigenvalue weighted by Gasteiger charge is 2.35. The van der Waals surface area contributed by atoms with Gasteiger partial charge in [0.1, 0.15) is 17.4 Å². The third-order valence-electron chi connectivity index (χ3n) is 3.33. The minimum absolute atomic E-state index is 0.104. The van der Waals surface area contributed by atoms with Crippen LogP contribution in [0.1, 0.15) is 31.3 Å². The Bertz CT molecular complexity index is 738. The maximum absolute atomic E-state index is 11.9. The minimum Gasteiger partial charge on any atom is -0.464 e. The van der Waals surface area contributed by atoms with E-state index in [2.05, 4.69) is 14.7 Å². The summed E-state index contributed by atoms with van der Waals surface area (Å²) in [7, 11) is 1.33. The second kappa shape index (κ2) is 5.97. The third kappa shape index (κ3) is 3.45. The average Bonchev–Trinajstić information content (AvgIpc) is 2.97. The molecule has 3 rings (SSSR count). The Hall–Kier alpha value is -2.29. The van der Waals surface area contributed by atoms with Gasteiger partial charge < -0.3 is 24.1 Å². The van der Waals surface area contributed by atoms with E-state index in [-0.39, 0.29) is 12.2 Å². The second-order valence-corrected chi connectivity index (χ2v) is 7.49. The fraction of sp³-hybridized carbons (Fsp3) is 0.533. The van der Waals surface area contributed by atoms with Gasteiger partial charge in [-0.15, -0.1) is 0 Å². The molecule has 8 nitrogen and oxygen atoms in total. The largest absolute Gasteiger partial charge is 0.464 e. The van der Waals surface area contributed by atoms with Crippen LogP contribution < -0.4 is 4.74 Å². The SMILES string of the molecule is COC(=O)c1cc2sc(OC3CN(C(=O)OC(C)(C)C)C3)nc2[nH]1. The number of likely N-dealkylation sites (tertiary alicyclic amines) is 1. The van der Waals surface area contributed by atoms with Crippen molar-refractivity contribution in [3.05, 3.63) is 11.8 Å². The molecule has 0 saturated carbocycles. The summed E-state index contributed by atoms with van der Waals surface area (Å²) < 4.78 is 16.5. The number of ether oxygens (including phenoxy) is 3. The number of amides is 1. The molecule has 9 heteroatoms. The van der Waals surface area contributed by atoms with Crippen molar-refractivity contribution in [3.8, 4) is 5.19 Å². The Morgan fingerprint density at radius 3 is 2.67 bits per heavy atom. The van der Waals surface area contributed by atoms with Gasteiger partial charge in [0.25, 0.3) is 5.19 Å². The third-order valence-corrected chi connectivity index (χ3v) is 4.23. The number of nitrogens with zero attached hydrogens (tertiary/aromatic N) is 2. The molecular weight excluding hydrogens is 334 g/mol. The van der Waals surface area contributed by atoms with Crippen LogP contribution >= 0.6 is 11.3 Å². The van der Waals surface area contributed by atoms with Crippen LogP contribution in [0.25, 0.3) is 10.3 Å². The lowest BCUT2D eigenvalue weighted by Gasteiger charge is -2.38. The second-order valence-electron chi connectivity index (χ2n) is 6.49. The number of carbonyl (C=O) groups excluding carboxylic acids is 2. The van der Waals surface area contributed by atoms with E-state index in [1.54, 1.807) is 11.0 Å². The number of H-pyrrole nitrogens is 1. The van der Waals surface area contributed by atoms with Crippen LogP contribution in [0, 0.1) is 0 Å². The molecule has 0 aliphatic carbocycles.